The van der Waals surface area contributed by atoms with E-state index in [0.29, 0.717) is 23.7 Å². The number of amides is 1. The third kappa shape index (κ3) is 3.08. The molecule has 1 saturated heterocycles. The summed E-state index contributed by atoms with van der Waals surface area (Å²) in [4.78, 5) is 17.0. The van der Waals surface area contributed by atoms with Crippen LogP contribution in [0.15, 0.2) is 34.2 Å². The molecular formula is C16H20ClN3O3S. The Morgan fingerprint density at radius 2 is 2.04 bits per heavy atom. The summed E-state index contributed by atoms with van der Waals surface area (Å²) in [6.45, 7) is 2.57. The number of nitrogens with zero attached hydrogens (tertiary/aromatic N) is 2. The van der Waals surface area contributed by atoms with E-state index in [1.54, 1.807) is 12.1 Å². The first-order valence-corrected chi connectivity index (χ1v) is 9.85. The van der Waals surface area contributed by atoms with E-state index in [4.69, 9.17) is 11.6 Å². The normalized spacial score (nSPS) is 20.9. The number of sulfonamides is 1. The average Bonchev–Trinajstić information content (AvgIpc) is 2.83. The summed E-state index contributed by atoms with van der Waals surface area (Å²) in [6, 6.07) is 6.23. The van der Waals surface area contributed by atoms with Crippen molar-refractivity contribution in [1.82, 2.24) is 9.62 Å². The van der Waals surface area contributed by atoms with E-state index in [-0.39, 0.29) is 23.9 Å². The molecule has 0 unspecified atom stereocenters. The summed E-state index contributed by atoms with van der Waals surface area (Å²) in [5.74, 6) is 0.611. The van der Waals surface area contributed by atoms with Crippen molar-refractivity contribution in [2.45, 2.75) is 43.0 Å². The molecule has 1 fully saturated rings. The number of carbonyl (C=O) groups is 1. The Kier molecular flexibility index (Phi) is 4.68. The molecule has 8 heteroatoms. The first kappa shape index (κ1) is 17.4. The Morgan fingerprint density at radius 1 is 1.33 bits per heavy atom. The van der Waals surface area contributed by atoms with Crippen LogP contribution in [0, 0.1) is 0 Å². The number of halogens is 1. The number of nitrogens with one attached hydrogen (secondary N) is 1. The van der Waals surface area contributed by atoms with E-state index < -0.39 is 15.6 Å². The largest absolute Gasteiger partial charge is 0.312 e. The molecule has 6 nitrogen and oxygen atoms in total. The second-order valence-electron chi connectivity index (χ2n) is 6.16. The van der Waals surface area contributed by atoms with Crippen LogP contribution >= 0.6 is 11.6 Å². The zero-order chi connectivity index (χ0) is 17.4. The van der Waals surface area contributed by atoms with Gasteiger partial charge in [0.15, 0.2) is 0 Å². The van der Waals surface area contributed by atoms with Gasteiger partial charge in [0.05, 0.1) is 4.90 Å². The van der Waals surface area contributed by atoms with Gasteiger partial charge in [-0.25, -0.2) is 8.42 Å². The number of rotatable bonds is 4. The zero-order valence-electron chi connectivity index (χ0n) is 13.5. The molecule has 0 atom stereocenters. The summed E-state index contributed by atoms with van der Waals surface area (Å²) in [6.07, 6.45) is 2.43. The highest BCUT2D eigenvalue weighted by Crippen LogP contribution is 2.33. The van der Waals surface area contributed by atoms with Gasteiger partial charge in [0.2, 0.25) is 10.0 Å². The Hall–Kier alpha value is -1.44. The molecule has 0 bridgehead atoms. The molecule has 0 radical (unpaired) electrons. The smallest absolute Gasteiger partial charge is 0.253 e. The summed E-state index contributed by atoms with van der Waals surface area (Å²) in [5.41, 5.74) is -0.801. The predicted molar refractivity (Wildman–Crippen MR) is 92.7 cm³/mol. The van der Waals surface area contributed by atoms with Gasteiger partial charge in [0, 0.05) is 24.5 Å². The van der Waals surface area contributed by atoms with Gasteiger partial charge in [-0.1, -0.05) is 24.6 Å². The second kappa shape index (κ2) is 6.46. The molecule has 3 rings (SSSR count). The predicted octanol–water partition coefficient (Wildman–Crippen LogP) is 2.19. The number of hydrogen-bond acceptors (Lipinski definition) is 4. The minimum absolute atomic E-state index is 0.106. The minimum atomic E-state index is -3.60. The van der Waals surface area contributed by atoms with Gasteiger partial charge in [-0.05, 0) is 37.5 Å². The number of carbonyl (C=O) groups excluding carboxylic acids is 1. The van der Waals surface area contributed by atoms with E-state index in [2.05, 4.69) is 10.3 Å². The van der Waals surface area contributed by atoms with Crippen LogP contribution in [0.4, 0.5) is 0 Å². The summed E-state index contributed by atoms with van der Waals surface area (Å²) in [5, 5.41) is 3.22. The number of amidine groups is 1. The SMILES string of the molecule is CCCC1=NC2(CCN(S(=O)(=O)c3cccc(Cl)c3)CC2)C(=O)N1. The van der Waals surface area contributed by atoms with E-state index >= 15 is 0 Å². The Morgan fingerprint density at radius 3 is 2.67 bits per heavy atom. The number of piperidine rings is 1. The van der Waals surface area contributed by atoms with Crippen LogP contribution in [0.1, 0.15) is 32.6 Å². The first-order valence-electron chi connectivity index (χ1n) is 8.03. The Labute approximate surface area is 146 Å². The molecule has 1 amide bonds. The van der Waals surface area contributed by atoms with Crippen molar-refractivity contribution in [3.05, 3.63) is 29.3 Å². The lowest BCUT2D eigenvalue weighted by molar-refractivity contribution is -0.124. The number of hydrogen-bond donors (Lipinski definition) is 1. The lowest BCUT2D eigenvalue weighted by atomic mass is 9.89. The topological polar surface area (TPSA) is 78.8 Å². The van der Waals surface area contributed by atoms with Crippen molar-refractivity contribution in [3.63, 3.8) is 0 Å². The molecule has 130 valence electrons. The van der Waals surface area contributed by atoms with E-state index in [1.807, 2.05) is 6.92 Å². The first-order chi connectivity index (χ1) is 11.4. The van der Waals surface area contributed by atoms with Gasteiger partial charge in [-0.15, -0.1) is 0 Å². The third-order valence-corrected chi connectivity index (χ3v) is 6.63. The maximum absolute atomic E-state index is 12.7. The molecule has 1 aromatic carbocycles. The number of benzene rings is 1. The van der Waals surface area contributed by atoms with Crippen LogP contribution in [0.3, 0.4) is 0 Å². The van der Waals surface area contributed by atoms with Crippen molar-refractivity contribution in [2.24, 2.45) is 4.99 Å². The lowest BCUT2D eigenvalue weighted by Gasteiger charge is -2.34. The van der Waals surface area contributed by atoms with Crippen molar-refractivity contribution in [1.29, 1.82) is 0 Å². The van der Waals surface area contributed by atoms with E-state index in [9.17, 15) is 13.2 Å². The Balaban J connectivity index is 1.77. The molecule has 2 heterocycles. The van der Waals surface area contributed by atoms with Crippen molar-refractivity contribution in [2.75, 3.05) is 13.1 Å². The van der Waals surface area contributed by atoms with Gasteiger partial charge < -0.3 is 5.32 Å². The molecule has 1 N–H and O–H groups in total. The van der Waals surface area contributed by atoms with Gasteiger partial charge in [0.1, 0.15) is 11.4 Å². The maximum atomic E-state index is 12.7. The standard InChI is InChI=1S/C16H20ClN3O3S/c1-2-4-14-18-15(21)16(19-14)7-9-20(10-8-16)24(22,23)13-6-3-5-12(17)11-13/h3,5-6,11H,2,4,7-10H2,1H3,(H,18,19,21). The highest BCUT2D eigenvalue weighted by Gasteiger charge is 2.47. The summed E-state index contributed by atoms with van der Waals surface area (Å²) < 4.78 is 26.9. The zero-order valence-corrected chi connectivity index (χ0v) is 15.0. The van der Waals surface area contributed by atoms with Gasteiger partial charge in [-0.2, -0.15) is 4.31 Å². The van der Waals surface area contributed by atoms with Crippen LogP contribution in [0.5, 0.6) is 0 Å². The fourth-order valence-corrected chi connectivity index (χ4v) is 4.89. The molecule has 0 saturated carbocycles. The molecule has 24 heavy (non-hydrogen) atoms. The lowest BCUT2D eigenvalue weighted by Crippen LogP contribution is -2.50. The molecule has 0 aliphatic carbocycles. The Bertz CT molecular complexity index is 784. The highest BCUT2D eigenvalue weighted by molar-refractivity contribution is 7.89. The van der Waals surface area contributed by atoms with Crippen LogP contribution in [-0.2, 0) is 14.8 Å². The highest BCUT2D eigenvalue weighted by atomic mass is 35.5. The van der Waals surface area contributed by atoms with Crippen molar-refractivity contribution in [3.8, 4) is 0 Å². The maximum Gasteiger partial charge on any atom is 0.253 e. The third-order valence-electron chi connectivity index (χ3n) is 4.50. The second-order valence-corrected chi connectivity index (χ2v) is 8.53. The fraction of sp³-hybridized carbons (Fsp3) is 0.500. The van der Waals surface area contributed by atoms with Crippen molar-refractivity contribution >= 4 is 33.4 Å². The quantitative estimate of drug-likeness (QED) is 0.883. The van der Waals surface area contributed by atoms with E-state index in [0.717, 1.165) is 12.8 Å². The average molecular weight is 370 g/mol. The number of aliphatic imine (C=N–C) groups is 1. The van der Waals surface area contributed by atoms with Crippen LogP contribution in [0.2, 0.25) is 5.02 Å². The van der Waals surface area contributed by atoms with Gasteiger partial charge in [-0.3, -0.25) is 9.79 Å². The van der Waals surface area contributed by atoms with Crippen LogP contribution < -0.4 is 5.32 Å². The molecule has 0 aromatic heterocycles. The van der Waals surface area contributed by atoms with E-state index in [1.165, 1.54) is 16.4 Å². The van der Waals surface area contributed by atoms with Crippen LogP contribution in [-0.4, -0.2) is 43.1 Å². The van der Waals surface area contributed by atoms with Gasteiger partial charge in [0.25, 0.3) is 5.91 Å². The summed E-state index contributed by atoms with van der Waals surface area (Å²) >= 11 is 5.90. The molecular weight excluding hydrogens is 350 g/mol. The van der Waals surface area contributed by atoms with Crippen molar-refractivity contribution < 1.29 is 13.2 Å². The molecule has 1 aromatic rings. The minimum Gasteiger partial charge on any atom is -0.312 e. The van der Waals surface area contributed by atoms with Crippen LogP contribution in [0.25, 0.3) is 0 Å². The molecule has 1 spiro atoms. The fourth-order valence-electron chi connectivity index (χ4n) is 3.15. The molecule has 2 aliphatic rings. The monoisotopic (exact) mass is 369 g/mol. The van der Waals surface area contributed by atoms with Gasteiger partial charge >= 0.3 is 0 Å². The molecule has 2 aliphatic heterocycles. The summed E-state index contributed by atoms with van der Waals surface area (Å²) in [7, 11) is -3.60.